The molecule has 7 nitrogen and oxygen atoms in total. The molecule has 0 aliphatic carbocycles. The van der Waals surface area contributed by atoms with Crippen LogP contribution in [0.25, 0.3) is 5.69 Å². The molecule has 2 aromatic carbocycles. The number of halogens is 1. The van der Waals surface area contributed by atoms with E-state index in [2.05, 4.69) is 20.8 Å². The van der Waals surface area contributed by atoms with Crippen LogP contribution in [0.2, 0.25) is 5.02 Å². The van der Waals surface area contributed by atoms with Crippen LogP contribution in [0.5, 0.6) is 5.75 Å². The minimum absolute atomic E-state index is 0.0801. The minimum atomic E-state index is -0.0801. The van der Waals surface area contributed by atoms with Crippen LogP contribution in [0.15, 0.2) is 53.7 Å². The number of nitrogens with zero attached hydrogens (tertiary/aromatic N) is 4. The summed E-state index contributed by atoms with van der Waals surface area (Å²) in [6, 6.07) is 15.0. The number of hydrogen-bond acceptors (Lipinski definition) is 6. The highest BCUT2D eigenvalue weighted by molar-refractivity contribution is 7.99. The second kappa shape index (κ2) is 9.38. The van der Waals surface area contributed by atoms with Crippen molar-refractivity contribution in [2.45, 2.75) is 11.6 Å². The number of tetrazole rings is 1. The molecule has 0 fully saturated rings. The fourth-order valence-corrected chi connectivity index (χ4v) is 3.24. The van der Waals surface area contributed by atoms with Gasteiger partial charge in [0.2, 0.25) is 11.1 Å². The Kier molecular flexibility index (Phi) is 6.67. The minimum Gasteiger partial charge on any atom is -0.494 e. The van der Waals surface area contributed by atoms with Crippen molar-refractivity contribution in [2.75, 3.05) is 19.4 Å². The van der Waals surface area contributed by atoms with E-state index in [0.717, 1.165) is 17.7 Å². The molecule has 0 aliphatic rings. The van der Waals surface area contributed by atoms with Gasteiger partial charge in [-0.1, -0.05) is 47.6 Å². The largest absolute Gasteiger partial charge is 0.494 e. The smallest absolute Gasteiger partial charge is 0.230 e. The van der Waals surface area contributed by atoms with E-state index in [4.69, 9.17) is 16.3 Å². The summed E-state index contributed by atoms with van der Waals surface area (Å²) in [4.78, 5) is 12.1. The zero-order valence-electron chi connectivity index (χ0n) is 14.6. The number of thioether (sulfide) groups is 1. The highest BCUT2D eigenvalue weighted by Gasteiger charge is 2.14. The Hall–Kier alpha value is -2.58. The molecule has 0 saturated carbocycles. The Bertz CT molecular complexity index is 901. The number of carbonyl (C=O) groups excluding carboxylic acids is 1. The van der Waals surface area contributed by atoms with Crippen LogP contribution in [0, 0.1) is 0 Å². The third-order valence-corrected chi connectivity index (χ3v) is 4.91. The number of ether oxygens (including phenoxy) is 1. The Balaban J connectivity index is 1.52. The van der Waals surface area contributed by atoms with Crippen LogP contribution in [0.3, 0.4) is 0 Å². The summed E-state index contributed by atoms with van der Waals surface area (Å²) in [6.45, 7) is 0.554. The lowest BCUT2D eigenvalue weighted by Gasteiger charge is -2.09. The molecule has 1 N–H and O–H groups in total. The van der Waals surface area contributed by atoms with E-state index in [1.54, 1.807) is 11.8 Å². The first kappa shape index (κ1) is 19.2. The van der Waals surface area contributed by atoms with Gasteiger partial charge in [0.1, 0.15) is 11.4 Å². The molecule has 1 aromatic heterocycles. The van der Waals surface area contributed by atoms with Gasteiger partial charge in [-0.15, -0.1) is 5.10 Å². The lowest BCUT2D eigenvalue weighted by molar-refractivity contribution is -0.118. The molecule has 1 amide bonds. The lowest BCUT2D eigenvalue weighted by Crippen LogP contribution is -2.27. The maximum absolute atomic E-state index is 12.1. The topological polar surface area (TPSA) is 81.9 Å². The molecule has 3 aromatic rings. The van der Waals surface area contributed by atoms with Crippen LogP contribution < -0.4 is 10.1 Å². The molecule has 0 spiro atoms. The van der Waals surface area contributed by atoms with E-state index < -0.39 is 0 Å². The number of methoxy groups -OCH3 is 1. The molecule has 0 aliphatic heterocycles. The summed E-state index contributed by atoms with van der Waals surface area (Å²) in [5.41, 5.74) is 1.84. The van der Waals surface area contributed by atoms with Crippen molar-refractivity contribution in [3.63, 3.8) is 0 Å². The van der Waals surface area contributed by atoms with Crippen molar-refractivity contribution < 1.29 is 9.53 Å². The predicted octanol–water partition coefficient (Wildman–Crippen LogP) is 2.78. The molecule has 0 radical (unpaired) electrons. The third-order valence-electron chi connectivity index (χ3n) is 3.74. The second-order valence-corrected chi connectivity index (χ2v) is 6.94. The van der Waals surface area contributed by atoms with Gasteiger partial charge in [0, 0.05) is 11.6 Å². The van der Waals surface area contributed by atoms with Gasteiger partial charge in [0.15, 0.2) is 0 Å². The highest BCUT2D eigenvalue weighted by atomic mass is 35.5. The zero-order valence-corrected chi connectivity index (χ0v) is 16.2. The van der Waals surface area contributed by atoms with Gasteiger partial charge in [0.05, 0.1) is 12.9 Å². The van der Waals surface area contributed by atoms with E-state index in [9.17, 15) is 4.79 Å². The average Bonchev–Trinajstić information content (AvgIpc) is 3.16. The number of hydrogen-bond donors (Lipinski definition) is 1. The fourth-order valence-electron chi connectivity index (χ4n) is 2.40. The summed E-state index contributed by atoms with van der Waals surface area (Å²) >= 11 is 7.13. The summed E-state index contributed by atoms with van der Waals surface area (Å²) < 4.78 is 6.90. The monoisotopic (exact) mass is 403 g/mol. The summed E-state index contributed by atoms with van der Waals surface area (Å²) in [5, 5.41) is 15.8. The number of benzene rings is 2. The number of nitrogens with one attached hydrogen (secondary N) is 1. The SMILES string of the molecule is COc1ccccc1-n1nnnc1SCC(=O)NCCc1ccc(Cl)cc1. The number of amides is 1. The molecule has 140 valence electrons. The third kappa shape index (κ3) is 5.21. The Morgan fingerprint density at radius 1 is 1.22 bits per heavy atom. The fraction of sp³-hybridized carbons (Fsp3) is 0.222. The van der Waals surface area contributed by atoms with Gasteiger partial charge >= 0.3 is 0 Å². The van der Waals surface area contributed by atoms with E-state index >= 15 is 0 Å². The van der Waals surface area contributed by atoms with Gasteiger partial charge in [0.25, 0.3) is 0 Å². The molecule has 27 heavy (non-hydrogen) atoms. The van der Waals surface area contributed by atoms with E-state index in [1.807, 2.05) is 48.5 Å². The average molecular weight is 404 g/mol. The number of rotatable bonds is 8. The summed E-state index contributed by atoms with van der Waals surface area (Å²) in [7, 11) is 1.59. The van der Waals surface area contributed by atoms with Crippen molar-refractivity contribution in [3.05, 3.63) is 59.1 Å². The number of aromatic nitrogens is 4. The molecular formula is C18H18ClN5O2S. The van der Waals surface area contributed by atoms with Crippen LogP contribution in [-0.4, -0.2) is 45.5 Å². The summed E-state index contributed by atoms with van der Waals surface area (Å²) in [6.07, 6.45) is 0.743. The maximum Gasteiger partial charge on any atom is 0.230 e. The van der Waals surface area contributed by atoms with Gasteiger partial charge < -0.3 is 10.1 Å². The second-order valence-electron chi connectivity index (χ2n) is 5.56. The maximum atomic E-state index is 12.1. The Labute approximate surface area is 166 Å². The Morgan fingerprint density at radius 2 is 2.00 bits per heavy atom. The van der Waals surface area contributed by atoms with Crippen molar-refractivity contribution in [1.82, 2.24) is 25.5 Å². The first-order valence-electron chi connectivity index (χ1n) is 8.23. The van der Waals surface area contributed by atoms with Crippen LogP contribution in [0.4, 0.5) is 0 Å². The van der Waals surface area contributed by atoms with Crippen molar-refractivity contribution in [1.29, 1.82) is 0 Å². The van der Waals surface area contributed by atoms with Gasteiger partial charge in [-0.2, -0.15) is 4.68 Å². The highest BCUT2D eigenvalue weighted by Crippen LogP contribution is 2.25. The number of carbonyl (C=O) groups is 1. The first-order valence-corrected chi connectivity index (χ1v) is 9.59. The molecule has 0 atom stereocenters. The van der Waals surface area contributed by atoms with E-state index in [1.165, 1.54) is 11.8 Å². The normalized spacial score (nSPS) is 10.6. The predicted molar refractivity (Wildman–Crippen MR) is 105 cm³/mol. The lowest BCUT2D eigenvalue weighted by atomic mass is 10.1. The quantitative estimate of drug-likeness (QED) is 0.582. The van der Waals surface area contributed by atoms with Gasteiger partial charge in [-0.3, -0.25) is 4.79 Å². The Morgan fingerprint density at radius 3 is 2.78 bits per heavy atom. The van der Waals surface area contributed by atoms with Crippen LogP contribution in [0.1, 0.15) is 5.56 Å². The zero-order chi connectivity index (χ0) is 19.1. The van der Waals surface area contributed by atoms with Crippen molar-refractivity contribution in [3.8, 4) is 11.4 Å². The standard InChI is InChI=1S/C18H18ClN5O2S/c1-26-16-5-3-2-4-15(16)24-18(21-22-23-24)27-12-17(25)20-11-10-13-6-8-14(19)9-7-13/h2-9H,10-12H2,1H3,(H,20,25). The van der Waals surface area contributed by atoms with Crippen molar-refractivity contribution >= 4 is 29.3 Å². The first-order chi connectivity index (χ1) is 13.2. The molecule has 0 saturated heterocycles. The molecular weight excluding hydrogens is 386 g/mol. The van der Waals surface area contributed by atoms with Gasteiger partial charge in [-0.05, 0) is 46.7 Å². The van der Waals surface area contributed by atoms with Crippen LogP contribution in [-0.2, 0) is 11.2 Å². The van der Waals surface area contributed by atoms with Gasteiger partial charge in [-0.25, -0.2) is 0 Å². The molecule has 0 unspecified atom stereocenters. The molecule has 9 heteroatoms. The van der Waals surface area contributed by atoms with Crippen LogP contribution >= 0.6 is 23.4 Å². The molecule has 3 rings (SSSR count). The summed E-state index contributed by atoms with van der Waals surface area (Å²) in [5.74, 6) is 0.790. The number of para-hydroxylation sites is 2. The molecule has 0 bridgehead atoms. The van der Waals surface area contributed by atoms with E-state index in [0.29, 0.717) is 22.5 Å². The van der Waals surface area contributed by atoms with E-state index in [-0.39, 0.29) is 11.7 Å². The van der Waals surface area contributed by atoms with Crippen molar-refractivity contribution in [2.24, 2.45) is 0 Å². The molecule has 1 heterocycles.